The van der Waals surface area contributed by atoms with Crippen LogP contribution in [-0.2, 0) is 14.3 Å². The number of hydrogen-bond acceptors (Lipinski definition) is 5. The van der Waals surface area contributed by atoms with Crippen LogP contribution in [0.2, 0.25) is 5.02 Å². The molecule has 2 rings (SSSR count). The van der Waals surface area contributed by atoms with Crippen LogP contribution in [0.15, 0.2) is 42.5 Å². The van der Waals surface area contributed by atoms with Crippen LogP contribution in [0.25, 0.3) is 0 Å². The molecule has 0 heterocycles. The molecule has 0 radical (unpaired) electrons. The predicted molar refractivity (Wildman–Crippen MR) is 97.7 cm³/mol. The Morgan fingerprint density at radius 3 is 2.38 bits per heavy atom. The lowest BCUT2D eigenvalue weighted by Crippen LogP contribution is -2.23. The number of Topliss-reactive ketones (excluding diaryl/α,β-unsaturated/α-hetero) is 1. The summed E-state index contributed by atoms with van der Waals surface area (Å²) in [5.74, 6) is -0.878. The number of amides is 1. The highest BCUT2D eigenvalue weighted by molar-refractivity contribution is 6.32. The van der Waals surface area contributed by atoms with E-state index >= 15 is 0 Å². The summed E-state index contributed by atoms with van der Waals surface area (Å²) in [5, 5.41) is 2.95. The number of anilines is 1. The van der Waals surface area contributed by atoms with Gasteiger partial charge in [-0.25, -0.2) is 4.79 Å². The molecule has 2 aromatic carbocycles. The molecule has 0 saturated carbocycles. The van der Waals surface area contributed by atoms with Crippen molar-refractivity contribution < 1.29 is 23.9 Å². The van der Waals surface area contributed by atoms with Crippen molar-refractivity contribution in [2.45, 2.75) is 13.8 Å². The van der Waals surface area contributed by atoms with Gasteiger partial charge in [-0.15, -0.1) is 0 Å². The van der Waals surface area contributed by atoms with Crippen LogP contribution in [-0.4, -0.2) is 30.9 Å². The molecular weight excluding hydrogens is 358 g/mol. The van der Waals surface area contributed by atoms with Gasteiger partial charge in [-0.2, -0.15) is 0 Å². The summed E-state index contributed by atoms with van der Waals surface area (Å²) >= 11 is 5.97. The summed E-state index contributed by atoms with van der Waals surface area (Å²) in [6, 6.07) is 11.6. The van der Waals surface area contributed by atoms with E-state index < -0.39 is 18.5 Å². The fourth-order valence-electron chi connectivity index (χ4n) is 2.03. The fraction of sp³-hybridized carbons (Fsp3) is 0.211. The third kappa shape index (κ3) is 5.89. The number of halogens is 1. The molecule has 0 aliphatic carbocycles. The summed E-state index contributed by atoms with van der Waals surface area (Å²) in [5.41, 5.74) is 1.98. The summed E-state index contributed by atoms with van der Waals surface area (Å²) < 4.78 is 10.2. The maximum Gasteiger partial charge on any atom is 0.344 e. The Morgan fingerprint density at radius 2 is 1.73 bits per heavy atom. The van der Waals surface area contributed by atoms with Gasteiger partial charge < -0.3 is 14.8 Å². The highest BCUT2D eigenvalue weighted by atomic mass is 35.5. The first-order chi connectivity index (χ1) is 12.3. The molecule has 7 heteroatoms. The molecule has 0 unspecified atom stereocenters. The smallest absolute Gasteiger partial charge is 0.344 e. The average molecular weight is 376 g/mol. The second kappa shape index (κ2) is 9.01. The molecular formula is C19H18ClNO5. The highest BCUT2D eigenvalue weighted by Gasteiger charge is 2.10. The summed E-state index contributed by atoms with van der Waals surface area (Å²) in [7, 11) is 0. The van der Waals surface area contributed by atoms with Crippen molar-refractivity contribution in [3.8, 4) is 5.75 Å². The summed E-state index contributed by atoms with van der Waals surface area (Å²) in [6.07, 6.45) is 0. The minimum Gasteiger partial charge on any atom is -0.480 e. The van der Waals surface area contributed by atoms with E-state index in [2.05, 4.69) is 5.32 Å². The molecule has 0 aliphatic rings. The zero-order valence-corrected chi connectivity index (χ0v) is 15.1. The molecule has 0 saturated heterocycles. The molecule has 0 spiro atoms. The molecule has 0 fully saturated rings. The minimum atomic E-state index is -0.690. The SMILES string of the molecule is CC(=O)c1ccc(NC(=O)COC(=O)COc2cc(C)ccc2Cl)cc1. The Kier molecular flexibility index (Phi) is 6.74. The van der Waals surface area contributed by atoms with Crippen LogP contribution in [0.5, 0.6) is 5.75 Å². The van der Waals surface area contributed by atoms with Crippen LogP contribution < -0.4 is 10.1 Å². The molecule has 1 N–H and O–H groups in total. The van der Waals surface area contributed by atoms with E-state index in [1.807, 2.05) is 13.0 Å². The number of rotatable bonds is 7. The van der Waals surface area contributed by atoms with Gasteiger partial charge in [-0.05, 0) is 55.8 Å². The first-order valence-corrected chi connectivity index (χ1v) is 8.18. The molecule has 26 heavy (non-hydrogen) atoms. The van der Waals surface area contributed by atoms with Crippen LogP contribution in [0, 0.1) is 6.92 Å². The number of benzene rings is 2. The quantitative estimate of drug-likeness (QED) is 0.592. The van der Waals surface area contributed by atoms with E-state index in [-0.39, 0.29) is 12.4 Å². The van der Waals surface area contributed by atoms with E-state index in [0.29, 0.717) is 22.0 Å². The van der Waals surface area contributed by atoms with Gasteiger partial charge in [0.05, 0.1) is 5.02 Å². The van der Waals surface area contributed by atoms with Gasteiger partial charge in [0, 0.05) is 11.3 Å². The number of hydrogen-bond donors (Lipinski definition) is 1. The molecule has 0 aromatic heterocycles. The molecule has 2 aromatic rings. The van der Waals surface area contributed by atoms with Crippen LogP contribution in [0.3, 0.4) is 0 Å². The summed E-state index contributed by atoms with van der Waals surface area (Å²) in [6.45, 7) is 2.52. The van der Waals surface area contributed by atoms with Gasteiger partial charge in [0.15, 0.2) is 19.0 Å². The van der Waals surface area contributed by atoms with E-state index in [1.165, 1.54) is 6.92 Å². The largest absolute Gasteiger partial charge is 0.480 e. The fourth-order valence-corrected chi connectivity index (χ4v) is 2.20. The Hall–Kier alpha value is -2.86. The van der Waals surface area contributed by atoms with Gasteiger partial charge in [0.2, 0.25) is 0 Å². The van der Waals surface area contributed by atoms with E-state index in [4.69, 9.17) is 21.1 Å². The van der Waals surface area contributed by atoms with Crippen molar-refractivity contribution in [3.05, 3.63) is 58.6 Å². The van der Waals surface area contributed by atoms with Gasteiger partial charge in [-0.3, -0.25) is 9.59 Å². The summed E-state index contributed by atoms with van der Waals surface area (Å²) in [4.78, 5) is 34.7. The number of aryl methyl sites for hydroxylation is 1. The third-order valence-corrected chi connectivity index (χ3v) is 3.68. The lowest BCUT2D eigenvalue weighted by atomic mass is 10.1. The van der Waals surface area contributed by atoms with Gasteiger partial charge in [0.1, 0.15) is 5.75 Å². The van der Waals surface area contributed by atoms with E-state index in [0.717, 1.165) is 5.56 Å². The van der Waals surface area contributed by atoms with Gasteiger partial charge in [-0.1, -0.05) is 17.7 Å². The van der Waals surface area contributed by atoms with Crippen molar-refractivity contribution in [2.75, 3.05) is 18.5 Å². The first-order valence-electron chi connectivity index (χ1n) is 7.80. The third-order valence-electron chi connectivity index (χ3n) is 3.37. The van der Waals surface area contributed by atoms with Crippen molar-refractivity contribution in [1.29, 1.82) is 0 Å². The minimum absolute atomic E-state index is 0.0643. The number of esters is 1. The highest BCUT2D eigenvalue weighted by Crippen LogP contribution is 2.25. The molecule has 0 aliphatic heterocycles. The van der Waals surface area contributed by atoms with Gasteiger partial charge >= 0.3 is 5.97 Å². The second-order valence-electron chi connectivity index (χ2n) is 5.56. The normalized spacial score (nSPS) is 10.1. The zero-order chi connectivity index (χ0) is 19.1. The Balaban J connectivity index is 1.76. The lowest BCUT2D eigenvalue weighted by Gasteiger charge is -2.09. The Bertz CT molecular complexity index is 817. The topological polar surface area (TPSA) is 81.7 Å². The Morgan fingerprint density at radius 1 is 1.04 bits per heavy atom. The maximum atomic E-state index is 11.8. The number of ether oxygens (including phenoxy) is 2. The average Bonchev–Trinajstić information content (AvgIpc) is 2.61. The first kappa shape index (κ1) is 19.5. The lowest BCUT2D eigenvalue weighted by molar-refractivity contribution is -0.149. The maximum absolute atomic E-state index is 11.8. The van der Waals surface area contributed by atoms with E-state index in [1.54, 1.807) is 36.4 Å². The molecule has 0 bridgehead atoms. The van der Waals surface area contributed by atoms with Crippen LogP contribution >= 0.6 is 11.6 Å². The number of carbonyl (C=O) groups is 3. The van der Waals surface area contributed by atoms with Crippen molar-refractivity contribution >= 4 is 34.9 Å². The van der Waals surface area contributed by atoms with Crippen LogP contribution in [0.1, 0.15) is 22.8 Å². The monoisotopic (exact) mass is 375 g/mol. The molecule has 1 amide bonds. The van der Waals surface area contributed by atoms with Crippen LogP contribution in [0.4, 0.5) is 5.69 Å². The van der Waals surface area contributed by atoms with Crippen molar-refractivity contribution in [1.82, 2.24) is 0 Å². The standard InChI is InChI=1S/C19H18ClNO5/c1-12-3-8-16(20)17(9-12)25-11-19(24)26-10-18(23)21-15-6-4-14(5-7-15)13(2)22/h3-9H,10-11H2,1-2H3,(H,21,23). The number of nitrogens with one attached hydrogen (secondary N) is 1. The number of carbonyl (C=O) groups excluding carboxylic acids is 3. The Labute approximate surface area is 156 Å². The predicted octanol–water partition coefficient (Wildman–Crippen LogP) is 3.41. The molecule has 0 atom stereocenters. The van der Waals surface area contributed by atoms with Gasteiger partial charge in [0.25, 0.3) is 5.91 Å². The molecule has 6 nitrogen and oxygen atoms in total. The molecule has 136 valence electrons. The van der Waals surface area contributed by atoms with Crippen molar-refractivity contribution in [3.63, 3.8) is 0 Å². The van der Waals surface area contributed by atoms with Crippen molar-refractivity contribution in [2.24, 2.45) is 0 Å². The zero-order valence-electron chi connectivity index (χ0n) is 14.4. The second-order valence-corrected chi connectivity index (χ2v) is 5.97. The van der Waals surface area contributed by atoms with E-state index in [9.17, 15) is 14.4 Å². The number of ketones is 1.